The summed E-state index contributed by atoms with van der Waals surface area (Å²) in [5, 5.41) is 0. The maximum atomic E-state index is 5.48. The van der Waals surface area contributed by atoms with Crippen LogP contribution in [0.15, 0.2) is 18.2 Å². The van der Waals surface area contributed by atoms with Crippen molar-refractivity contribution < 1.29 is 0 Å². The highest BCUT2D eigenvalue weighted by atomic mass is 32.1. The summed E-state index contributed by atoms with van der Waals surface area (Å²) in [5.41, 5.74) is 5.48. The van der Waals surface area contributed by atoms with Crippen LogP contribution in [0.4, 0.5) is 0 Å². The Hall–Kier alpha value is -0.470. The SMILES string of the molecule is NC1C=C[C]=CC1=S. The van der Waals surface area contributed by atoms with Crippen LogP contribution in [0.2, 0.25) is 0 Å². The fourth-order valence-corrected chi connectivity index (χ4v) is 0.627. The van der Waals surface area contributed by atoms with Crippen molar-refractivity contribution in [1.29, 1.82) is 0 Å². The summed E-state index contributed by atoms with van der Waals surface area (Å²) in [4.78, 5) is 0.757. The smallest absolute Gasteiger partial charge is 0.0587 e. The summed E-state index contributed by atoms with van der Waals surface area (Å²) in [6.45, 7) is 0. The Morgan fingerprint density at radius 3 is 2.88 bits per heavy atom. The van der Waals surface area contributed by atoms with Crippen molar-refractivity contribution in [3.8, 4) is 0 Å². The van der Waals surface area contributed by atoms with Gasteiger partial charge in [-0.25, -0.2) is 0 Å². The summed E-state index contributed by atoms with van der Waals surface area (Å²) < 4.78 is 0. The van der Waals surface area contributed by atoms with Crippen molar-refractivity contribution in [2.45, 2.75) is 6.04 Å². The molecule has 1 nitrogen and oxygen atoms in total. The molecular weight excluding hydrogens is 118 g/mol. The lowest BCUT2D eigenvalue weighted by atomic mass is 10.1. The van der Waals surface area contributed by atoms with E-state index < -0.39 is 0 Å². The van der Waals surface area contributed by atoms with E-state index in [4.69, 9.17) is 18.0 Å². The Morgan fingerprint density at radius 2 is 2.50 bits per heavy atom. The molecule has 0 amide bonds. The summed E-state index contributed by atoms with van der Waals surface area (Å²) in [6, 6.07) is -0.0637. The monoisotopic (exact) mass is 124 g/mol. The predicted octanol–water partition coefficient (Wildman–Crippen LogP) is 0.613. The molecule has 0 aromatic carbocycles. The second-order valence-electron chi connectivity index (χ2n) is 1.60. The van der Waals surface area contributed by atoms with Crippen LogP contribution in [0.1, 0.15) is 0 Å². The van der Waals surface area contributed by atoms with Crippen LogP contribution in [0.25, 0.3) is 0 Å². The third-order valence-corrected chi connectivity index (χ3v) is 1.34. The molecular formula is C6H6NS. The van der Waals surface area contributed by atoms with Crippen molar-refractivity contribution in [1.82, 2.24) is 0 Å². The molecule has 0 heterocycles. The van der Waals surface area contributed by atoms with E-state index in [-0.39, 0.29) is 6.04 Å². The Labute approximate surface area is 53.9 Å². The van der Waals surface area contributed by atoms with E-state index >= 15 is 0 Å². The van der Waals surface area contributed by atoms with Crippen LogP contribution in [0.5, 0.6) is 0 Å². The molecule has 0 aromatic heterocycles. The average Bonchev–Trinajstić information content (AvgIpc) is 1.77. The van der Waals surface area contributed by atoms with Crippen LogP contribution in [-0.2, 0) is 0 Å². The van der Waals surface area contributed by atoms with Gasteiger partial charge in [0.25, 0.3) is 0 Å². The molecule has 41 valence electrons. The van der Waals surface area contributed by atoms with Crippen LogP contribution in [0.3, 0.4) is 0 Å². The summed E-state index contributed by atoms with van der Waals surface area (Å²) >= 11 is 4.83. The first kappa shape index (κ1) is 5.66. The van der Waals surface area contributed by atoms with Crippen molar-refractivity contribution in [2.24, 2.45) is 5.73 Å². The average molecular weight is 124 g/mol. The lowest BCUT2D eigenvalue weighted by Crippen LogP contribution is -2.26. The maximum absolute atomic E-state index is 5.48. The van der Waals surface area contributed by atoms with Gasteiger partial charge >= 0.3 is 0 Å². The van der Waals surface area contributed by atoms with Crippen LogP contribution >= 0.6 is 12.2 Å². The molecule has 0 aromatic rings. The Balaban J connectivity index is 2.74. The largest absolute Gasteiger partial charge is 0.320 e. The van der Waals surface area contributed by atoms with E-state index in [1.54, 1.807) is 12.2 Å². The highest BCUT2D eigenvalue weighted by Gasteiger charge is 2.02. The second-order valence-corrected chi connectivity index (χ2v) is 2.07. The highest BCUT2D eigenvalue weighted by Crippen LogP contribution is 1.96. The van der Waals surface area contributed by atoms with E-state index in [9.17, 15) is 0 Å². The standard InChI is InChI=1S/C6H6NS/c7-5-3-1-2-4-6(5)8/h1,3-5H,7H2. The first-order valence-corrected chi connectivity index (χ1v) is 2.77. The quantitative estimate of drug-likeness (QED) is 0.479. The van der Waals surface area contributed by atoms with Crippen molar-refractivity contribution in [3.05, 3.63) is 24.3 Å². The lowest BCUT2D eigenvalue weighted by molar-refractivity contribution is 1.10. The van der Waals surface area contributed by atoms with E-state index in [2.05, 4.69) is 6.08 Å². The molecule has 1 rings (SSSR count). The van der Waals surface area contributed by atoms with Gasteiger partial charge in [0.15, 0.2) is 0 Å². The molecule has 0 saturated carbocycles. The molecule has 1 aliphatic rings. The van der Waals surface area contributed by atoms with Gasteiger partial charge in [0, 0.05) is 4.86 Å². The molecule has 0 fully saturated rings. The van der Waals surface area contributed by atoms with Crippen molar-refractivity contribution >= 4 is 17.1 Å². The van der Waals surface area contributed by atoms with Crippen molar-refractivity contribution in [2.75, 3.05) is 0 Å². The molecule has 0 spiro atoms. The molecule has 0 aliphatic heterocycles. The molecule has 1 aliphatic carbocycles. The molecule has 2 N–H and O–H groups in total. The molecule has 0 bridgehead atoms. The van der Waals surface area contributed by atoms with Crippen LogP contribution in [-0.4, -0.2) is 10.9 Å². The zero-order valence-corrected chi connectivity index (χ0v) is 5.11. The molecule has 1 radical (unpaired) electrons. The predicted molar refractivity (Wildman–Crippen MR) is 37.5 cm³/mol. The van der Waals surface area contributed by atoms with E-state index in [1.807, 2.05) is 6.08 Å². The van der Waals surface area contributed by atoms with Crippen LogP contribution < -0.4 is 5.73 Å². The number of allylic oxidation sites excluding steroid dienone is 2. The van der Waals surface area contributed by atoms with Gasteiger partial charge in [0.05, 0.1) is 6.04 Å². The Kier molecular flexibility index (Phi) is 1.56. The zero-order valence-electron chi connectivity index (χ0n) is 4.29. The fraction of sp³-hybridized carbons (Fsp3) is 0.167. The van der Waals surface area contributed by atoms with Gasteiger partial charge < -0.3 is 5.73 Å². The number of hydrogen-bond donors (Lipinski definition) is 1. The van der Waals surface area contributed by atoms with Crippen molar-refractivity contribution in [3.63, 3.8) is 0 Å². The van der Waals surface area contributed by atoms with E-state index in [0.717, 1.165) is 4.86 Å². The summed E-state index contributed by atoms with van der Waals surface area (Å²) in [6.07, 6.45) is 8.16. The van der Waals surface area contributed by atoms with Gasteiger partial charge in [0.2, 0.25) is 0 Å². The summed E-state index contributed by atoms with van der Waals surface area (Å²) in [7, 11) is 0. The first-order chi connectivity index (χ1) is 3.80. The molecule has 1 unspecified atom stereocenters. The minimum Gasteiger partial charge on any atom is -0.320 e. The highest BCUT2D eigenvalue weighted by molar-refractivity contribution is 7.80. The number of thiocarbonyl (C=S) groups is 1. The van der Waals surface area contributed by atoms with Gasteiger partial charge in [-0.3, -0.25) is 0 Å². The molecule has 1 atom stereocenters. The summed E-state index contributed by atoms with van der Waals surface area (Å²) in [5.74, 6) is 0. The minimum atomic E-state index is -0.0637. The van der Waals surface area contributed by atoms with Gasteiger partial charge in [-0.15, -0.1) is 0 Å². The first-order valence-electron chi connectivity index (χ1n) is 2.36. The third kappa shape index (κ3) is 1.02. The molecule has 8 heavy (non-hydrogen) atoms. The zero-order chi connectivity index (χ0) is 5.98. The number of nitrogens with two attached hydrogens (primary N) is 1. The molecule has 2 heteroatoms. The second kappa shape index (κ2) is 2.20. The van der Waals surface area contributed by atoms with E-state index in [1.165, 1.54) is 0 Å². The number of hydrogen-bond acceptors (Lipinski definition) is 2. The maximum Gasteiger partial charge on any atom is 0.0587 e. The number of rotatable bonds is 0. The topological polar surface area (TPSA) is 26.0 Å². The van der Waals surface area contributed by atoms with Gasteiger partial charge in [-0.2, -0.15) is 0 Å². The fourth-order valence-electron chi connectivity index (χ4n) is 0.481. The Bertz CT molecular complexity index is 158. The molecule has 0 saturated heterocycles. The van der Waals surface area contributed by atoms with E-state index in [0.29, 0.717) is 0 Å². The minimum absolute atomic E-state index is 0.0637. The van der Waals surface area contributed by atoms with Gasteiger partial charge in [-0.1, -0.05) is 24.4 Å². The van der Waals surface area contributed by atoms with Gasteiger partial charge in [-0.05, 0) is 12.2 Å². The van der Waals surface area contributed by atoms with Crippen LogP contribution in [0, 0.1) is 6.08 Å². The Morgan fingerprint density at radius 1 is 1.75 bits per heavy atom. The third-order valence-electron chi connectivity index (χ3n) is 0.954. The van der Waals surface area contributed by atoms with Gasteiger partial charge in [0.1, 0.15) is 0 Å². The lowest BCUT2D eigenvalue weighted by Gasteiger charge is -2.05. The normalized spacial score (nSPS) is 26.6.